The third kappa shape index (κ3) is 4.29. The lowest BCUT2D eigenvalue weighted by molar-refractivity contribution is -0.189. The predicted octanol–water partition coefficient (Wildman–Crippen LogP) is 5.33. The van der Waals surface area contributed by atoms with Crippen LogP contribution in [-0.4, -0.2) is 30.5 Å². The Bertz CT molecular complexity index is 987. The molecular weight excluding hydrogens is 412 g/mol. The Labute approximate surface area is 177 Å². The first-order valence-corrected chi connectivity index (χ1v) is 10.1. The molecule has 2 aromatic rings. The van der Waals surface area contributed by atoms with Gasteiger partial charge in [-0.3, -0.25) is 9.80 Å². The largest absolute Gasteiger partial charge is 0.456 e. The lowest BCUT2D eigenvalue weighted by atomic mass is 9.83. The minimum Gasteiger partial charge on any atom is -0.456 e. The molecule has 0 saturated heterocycles. The summed E-state index contributed by atoms with van der Waals surface area (Å²) in [6.45, 7) is -0.0798. The van der Waals surface area contributed by atoms with Crippen LogP contribution in [0.25, 0.3) is 0 Å². The number of para-hydroxylation sites is 1. The molecule has 1 aliphatic carbocycles. The van der Waals surface area contributed by atoms with Crippen molar-refractivity contribution in [2.45, 2.75) is 38.4 Å². The van der Waals surface area contributed by atoms with E-state index in [0.717, 1.165) is 24.1 Å². The van der Waals surface area contributed by atoms with Crippen molar-refractivity contribution in [3.05, 3.63) is 66.0 Å². The number of carbonyl (C=O) groups excluding carboxylic acids is 1. The zero-order chi connectivity index (χ0) is 22.2. The molecule has 2 aromatic carbocycles. The first-order chi connectivity index (χ1) is 14.7. The minimum atomic E-state index is -4.58. The maximum Gasteiger partial charge on any atom is 0.422 e. The molecule has 0 N–H and O–H groups in total. The first-order valence-electron chi connectivity index (χ1n) is 10.1. The molecule has 1 fully saturated rings. The van der Waals surface area contributed by atoms with Gasteiger partial charge in [0.15, 0.2) is 6.61 Å². The highest BCUT2D eigenvalue weighted by Gasteiger charge is 2.60. The highest BCUT2D eigenvalue weighted by molar-refractivity contribution is 6.09. The van der Waals surface area contributed by atoms with Crippen LogP contribution >= 0.6 is 0 Å². The van der Waals surface area contributed by atoms with E-state index in [2.05, 4.69) is 4.74 Å². The number of carbonyl (C=O) groups is 1. The number of alkyl halides is 3. The van der Waals surface area contributed by atoms with Crippen LogP contribution in [0.2, 0.25) is 0 Å². The van der Waals surface area contributed by atoms with Gasteiger partial charge >= 0.3 is 12.1 Å². The van der Waals surface area contributed by atoms with Gasteiger partial charge < -0.3 is 4.74 Å². The van der Waals surface area contributed by atoms with Crippen LogP contribution in [0.3, 0.4) is 0 Å². The summed E-state index contributed by atoms with van der Waals surface area (Å²) in [6, 6.07) is 15.4. The predicted molar refractivity (Wildman–Crippen MR) is 108 cm³/mol. The van der Waals surface area contributed by atoms with Gasteiger partial charge in [0.2, 0.25) is 0 Å². The summed E-state index contributed by atoms with van der Waals surface area (Å²) in [5, 5.41) is 6.36. The smallest absolute Gasteiger partial charge is 0.422 e. The minimum absolute atomic E-state index is 0.199. The zero-order valence-electron chi connectivity index (χ0n) is 16.9. The molecule has 164 valence electrons. The molecule has 0 amide bonds. The van der Waals surface area contributed by atoms with Gasteiger partial charge in [-0.1, -0.05) is 49.4 Å². The average molecular weight is 434 g/mol. The van der Waals surface area contributed by atoms with Crippen molar-refractivity contribution in [1.29, 1.82) is 0 Å². The van der Waals surface area contributed by atoms with Crippen molar-refractivity contribution >= 4 is 17.4 Å². The Balaban J connectivity index is 1.64. The van der Waals surface area contributed by atoms with Gasteiger partial charge in [0, 0.05) is 5.41 Å². The van der Waals surface area contributed by atoms with Gasteiger partial charge in [0.25, 0.3) is 0 Å². The molecule has 0 bridgehead atoms. The van der Waals surface area contributed by atoms with E-state index < -0.39 is 30.5 Å². The fourth-order valence-electron chi connectivity index (χ4n) is 4.23. The third-order valence-electron chi connectivity index (χ3n) is 5.90. The highest BCUT2D eigenvalue weighted by Crippen LogP contribution is 2.58. The van der Waals surface area contributed by atoms with E-state index in [1.165, 1.54) is 13.0 Å². The number of benzene rings is 2. The molecule has 1 saturated carbocycles. The van der Waals surface area contributed by atoms with E-state index in [9.17, 15) is 22.4 Å². The summed E-state index contributed by atoms with van der Waals surface area (Å²) in [5.74, 6) is -2.17. The van der Waals surface area contributed by atoms with Gasteiger partial charge in [0.05, 0.1) is 23.4 Å². The van der Waals surface area contributed by atoms with Gasteiger partial charge in [0.1, 0.15) is 5.82 Å². The molecule has 1 aliphatic heterocycles. The van der Waals surface area contributed by atoms with E-state index >= 15 is 0 Å². The van der Waals surface area contributed by atoms with E-state index in [1.54, 1.807) is 23.2 Å². The van der Waals surface area contributed by atoms with E-state index in [4.69, 9.17) is 5.10 Å². The van der Waals surface area contributed by atoms with E-state index in [-0.39, 0.29) is 23.6 Å². The lowest BCUT2D eigenvalue weighted by Gasteiger charge is -2.30. The fraction of sp³-hybridized carbons (Fsp3) is 0.391. The second-order valence-corrected chi connectivity index (χ2v) is 8.14. The Morgan fingerprint density at radius 1 is 1.16 bits per heavy atom. The molecule has 4 nitrogen and oxygen atoms in total. The monoisotopic (exact) mass is 434 g/mol. The SMILES string of the molecule is CC(CC1N(c2ccccc2F)N=C(c2ccccc2)C12CC2)C(=O)OCC(F)(F)F. The van der Waals surface area contributed by atoms with Crippen molar-refractivity contribution in [3.8, 4) is 0 Å². The summed E-state index contributed by atoms with van der Waals surface area (Å²) in [4.78, 5) is 12.2. The Kier molecular flexibility index (Phi) is 5.49. The average Bonchev–Trinajstić information content (AvgIpc) is 3.47. The van der Waals surface area contributed by atoms with Crippen LogP contribution in [0.4, 0.5) is 23.2 Å². The maximum atomic E-state index is 14.6. The van der Waals surface area contributed by atoms with Crippen LogP contribution < -0.4 is 5.01 Å². The number of rotatable bonds is 6. The maximum absolute atomic E-state index is 14.6. The quantitative estimate of drug-likeness (QED) is 0.456. The normalized spacial score (nSPS) is 20.5. The Hall–Kier alpha value is -2.90. The second kappa shape index (κ2) is 7.98. The van der Waals surface area contributed by atoms with Gasteiger partial charge in [-0.2, -0.15) is 18.3 Å². The highest BCUT2D eigenvalue weighted by atomic mass is 19.4. The number of halogens is 4. The molecule has 0 aromatic heterocycles. The standard InChI is InChI=1S/C23H22F4N2O2/c1-15(21(30)31-14-23(25,26)27)13-19-22(11-12-22)20(16-7-3-2-4-8-16)28-29(19)18-10-6-5-9-17(18)24/h2-10,15,19H,11-14H2,1H3. The topological polar surface area (TPSA) is 41.9 Å². The molecule has 8 heteroatoms. The van der Waals surface area contributed by atoms with Crippen LogP contribution in [0.5, 0.6) is 0 Å². The molecule has 2 atom stereocenters. The number of hydrogen-bond donors (Lipinski definition) is 0. The first kappa shape index (κ1) is 21.3. The van der Waals surface area contributed by atoms with Crippen LogP contribution in [0.15, 0.2) is 59.7 Å². The summed E-state index contributed by atoms with van der Waals surface area (Å²) in [7, 11) is 0. The number of anilines is 1. The number of nitrogens with zero attached hydrogens (tertiary/aromatic N) is 2. The molecule has 0 radical (unpaired) electrons. The molecular formula is C23H22F4N2O2. The Morgan fingerprint density at radius 2 is 1.81 bits per heavy atom. The molecule has 2 aliphatic rings. The van der Waals surface area contributed by atoms with E-state index in [0.29, 0.717) is 0 Å². The molecule has 2 unspecified atom stereocenters. The summed E-state index contributed by atoms with van der Waals surface area (Å²) >= 11 is 0. The molecule has 1 heterocycles. The van der Waals surface area contributed by atoms with E-state index in [1.807, 2.05) is 30.3 Å². The van der Waals surface area contributed by atoms with Crippen molar-refractivity contribution in [2.75, 3.05) is 11.6 Å². The van der Waals surface area contributed by atoms with Crippen molar-refractivity contribution in [2.24, 2.45) is 16.4 Å². The summed E-state index contributed by atoms with van der Waals surface area (Å²) < 4.78 is 56.4. The van der Waals surface area contributed by atoms with Crippen molar-refractivity contribution < 1.29 is 27.1 Å². The third-order valence-corrected chi connectivity index (χ3v) is 5.90. The van der Waals surface area contributed by atoms with Gasteiger partial charge in [-0.15, -0.1) is 0 Å². The van der Waals surface area contributed by atoms with Gasteiger partial charge in [-0.05, 0) is 37.0 Å². The lowest BCUT2D eigenvalue weighted by Crippen LogP contribution is -2.38. The second-order valence-electron chi connectivity index (χ2n) is 8.14. The number of hydrazone groups is 1. The molecule has 4 rings (SSSR count). The summed E-state index contributed by atoms with van der Waals surface area (Å²) in [5.41, 5.74) is 1.64. The number of hydrogen-bond acceptors (Lipinski definition) is 4. The zero-order valence-corrected chi connectivity index (χ0v) is 16.9. The van der Waals surface area contributed by atoms with Crippen LogP contribution in [0, 0.1) is 17.2 Å². The Morgan fingerprint density at radius 3 is 2.42 bits per heavy atom. The summed E-state index contributed by atoms with van der Waals surface area (Å²) in [6.07, 6.45) is -2.77. The van der Waals surface area contributed by atoms with Crippen molar-refractivity contribution in [1.82, 2.24) is 0 Å². The van der Waals surface area contributed by atoms with Crippen LogP contribution in [0.1, 0.15) is 31.7 Å². The van der Waals surface area contributed by atoms with Gasteiger partial charge in [-0.25, -0.2) is 4.39 Å². The fourth-order valence-corrected chi connectivity index (χ4v) is 4.23. The van der Waals surface area contributed by atoms with Crippen LogP contribution in [-0.2, 0) is 9.53 Å². The van der Waals surface area contributed by atoms with Crippen molar-refractivity contribution in [3.63, 3.8) is 0 Å². The molecule has 31 heavy (non-hydrogen) atoms. The molecule has 1 spiro atoms. The number of ether oxygens (including phenoxy) is 1. The number of esters is 1.